The van der Waals surface area contributed by atoms with Crippen LogP contribution < -0.4 is 5.32 Å². The maximum absolute atomic E-state index is 10.8. The Kier molecular flexibility index (Phi) is 4.31. The van der Waals surface area contributed by atoms with E-state index in [-0.39, 0.29) is 11.3 Å². The number of aromatic carboxylic acids is 1. The highest BCUT2D eigenvalue weighted by atomic mass is 16.4. The van der Waals surface area contributed by atoms with Crippen LogP contribution in [0.25, 0.3) is 0 Å². The van der Waals surface area contributed by atoms with Gasteiger partial charge in [0, 0.05) is 24.2 Å². The Morgan fingerprint density at radius 2 is 2.18 bits per heavy atom. The lowest BCUT2D eigenvalue weighted by Gasteiger charge is -2.32. The molecule has 0 bridgehead atoms. The second-order valence-electron chi connectivity index (χ2n) is 4.89. The fourth-order valence-electron chi connectivity index (χ4n) is 1.32. The van der Waals surface area contributed by atoms with Gasteiger partial charge in [-0.2, -0.15) is 0 Å². The minimum absolute atomic E-state index is 0.0140. The van der Waals surface area contributed by atoms with Crippen molar-refractivity contribution < 1.29 is 14.3 Å². The summed E-state index contributed by atoms with van der Waals surface area (Å²) in [5.74, 6) is -1.01. The molecule has 0 unspecified atom stereocenters. The smallest absolute Gasteiger partial charge is 0.372 e. The molecule has 0 aliphatic rings. The van der Waals surface area contributed by atoms with Gasteiger partial charge in [0.15, 0.2) is 0 Å². The van der Waals surface area contributed by atoms with E-state index in [2.05, 4.69) is 24.1 Å². The summed E-state index contributed by atoms with van der Waals surface area (Å²) in [6.07, 6.45) is 1.40. The first-order valence-electron chi connectivity index (χ1n) is 5.52. The van der Waals surface area contributed by atoms with Crippen molar-refractivity contribution in [3.8, 4) is 0 Å². The number of nitrogens with one attached hydrogen (secondary N) is 1. The third-order valence-corrected chi connectivity index (χ3v) is 3.02. The first-order chi connectivity index (χ1) is 7.84. The van der Waals surface area contributed by atoms with Crippen molar-refractivity contribution in [1.82, 2.24) is 10.2 Å². The Hall–Kier alpha value is -1.33. The average molecular weight is 240 g/mol. The molecule has 0 amide bonds. The highest BCUT2D eigenvalue weighted by molar-refractivity contribution is 5.86. The third-order valence-electron chi connectivity index (χ3n) is 3.02. The zero-order valence-corrected chi connectivity index (χ0v) is 10.8. The summed E-state index contributed by atoms with van der Waals surface area (Å²) in [5.41, 5.74) is 0.694. The molecule has 96 valence electrons. The van der Waals surface area contributed by atoms with Crippen molar-refractivity contribution in [2.75, 3.05) is 20.6 Å². The zero-order valence-electron chi connectivity index (χ0n) is 10.8. The van der Waals surface area contributed by atoms with Crippen LogP contribution in [0.4, 0.5) is 0 Å². The van der Waals surface area contributed by atoms with E-state index in [0.717, 1.165) is 6.54 Å². The topological polar surface area (TPSA) is 65.7 Å². The minimum atomic E-state index is -1.03. The predicted molar refractivity (Wildman–Crippen MR) is 65.1 cm³/mol. The predicted octanol–water partition coefficient (Wildman–Crippen LogP) is 1.41. The Bertz CT molecular complexity index is 383. The highest BCUT2D eigenvalue weighted by Crippen LogP contribution is 2.12. The molecule has 0 aliphatic heterocycles. The fraction of sp³-hybridized carbons (Fsp3) is 0.583. The summed E-state index contributed by atoms with van der Waals surface area (Å²) < 4.78 is 4.91. The summed E-state index contributed by atoms with van der Waals surface area (Å²) in [7, 11) is 4.03. The molecule has 5 heteroatoms. The van der Waals surface area contributed by atoms with Crippen LogP contribution in [-0.4, -0.2) is 42.2 Å². The molecule has 0 fully saturated rings. The van der Waals surface area contributed by atoms with E-state index >= 15 is 0 Å². The lowest BCUT2D eigenvalue weighted by atomic mass is 10.0. The number of furan rings is 1. The van der Waals surface area contributed by atoms with E-state index in [1.54, 1.807) is 6.07 Å². The summed E-state index contributed by atoms with van der Waals surface area (Å²) in [6, 6.07) is 1.68. The lowest BCUT2D eigenvalue weighted by Crippen LogP contribution is -2.46. The fourth-order valence-corrected chi connectivity index (χ4v) is 1.32. The molecule has 0 aliphatic carbocycles. The number of rotatable bonds is 6. The van der Waals surface area contributed by atoms with E-state index in [1.165, 1.54) is 6.26 Å². The number of carboxylic acid groups (broad SMARTS) is 1. The van der Waals surface area contributed by atoms with Gasteiger partial charge in [0.05, 0.1) is 6.26 Å². The van der Waals surface area contributed by atoms with Gasteiger partial charge >= 0.3 is 5.97 Å². The number of nitrogens with zero attached hydrogens (tertiary/aromatic N) is 1. The van der Waals surface area contributed by atoms with Crippen molar-refractivity contribution in [2.24, 2.45) is 0 Å². The van der Waals surface area contributed by atoms with E-state index < -0.39 is 5.97 Å². The largest absolute Gasteiger partial charge is 0.475 e. The van der Waals surface area contributed by atoms with Crippen LogP contribution in [0.1, 0.15) is 30.0 Å². The second kappa shape index (κ2) is 5.33. The molecule has 1 aromatic rings. The first kappa shape index (κ1) is 13.7. The van der Waals surface area contributed by atoms with Crippen LogP contribution in [0.5, 0.6) is 0 Å². The van der Waals surface area contributed by atoms with Gasteiger partial charge in [0.2, 0.25) is 5.76 Å². The van der Waals surface area contributed by atoms with Crippen LogP contribution in [-0.2, 0) is 6.54 Å². The molecule has 0 atom stereocenters. The van der Waals surface area contributed by atoms with Crippen LogP contribution in [0.2, 0.25) is 0 Å². The first-order valence-corrected chi connectivity index (χ1v) is 5.52. The molecule has 1 heterocycles. The standard InChI is InChI=1S/C12H20N2O3/c1-12(2,14(3)4)8-13-7-9-5-6-17-10(9)11(15)16/h5-6,13H,7-8H2,1-4H3,(H,15,16). The van der Waals surface area contributed by atoms with Gasteiger partial charge in [-0.05, 0) is 34.0 Å². The third kappa shape index (κ3) is 3.57. The number of carboxylic acids is 1. The normalized spacial score (nSPS) is 12.1. The Labute approximate surface area is 101 Å². The van der Waals surface area contributed by atoms with Gasteiger partial charge in [-0.25, -0.2) is 4.79 Å². The van der Waals surface area contributed by atoms with Crippen molar-refractivity contribution in [3.63, 3.8) is 0 Å². The maximum Gasteiger partial charge on any atom is 0.372 e. The van der Waals surface area contributed by atoms with Crippen molar-refractivity contribution >= 4 is 5.97 Å². The van der Waals surface area contributed by atoms with Gasteiger partial charge in [0.1, 0.15) is 0 Å². The van der Waals surface area contributed by atoms with Gasteiger partial charge in [-0.15, -0.1) is 0 Å². The average Bonchev–Trinajstić information content (AvgIpc) is 2.65. The van der Waals surface area contributed by atoms with Gasteiger partial charge in [-0.1, -0.05) is 0 Å². The summed E-state index contributed by atoms with van der Waals surface area (Å²) >= 11 is 0. The number of likely N-dealkylation sites (N-methyl/N-ethyl adjacent to an activating group) is 1. The van der Waals surface area contributed by atoms with Gasteiger partial charge in [0.25, 0.3) is 0 Å². The van der Waals surface area contributed by atoms with Crippen molar-refractivity contribution in [2.45, 2.75) is 25.9 Å². The van der Waals surface area contributed by atoms with E-state index in [9.17, 15) is 4.79 Å². The molecule has 2 N–H and O–H groups in total. The van der Waals surface area contributed by atoms with E-state index in [0.29, 0.717) is 12.1 Å². The zero-order chi connectivity index (χ0) is 13.1. The molecule has 0 saturated heterocycles. The van der Waals surface area contributed by atoms with Crippen molar-refractivity contribution in [1.29, 1.82) is 0 Å². The summed E-state index contributed by atoms with van der Waals surface area (Å²) in [4.78, 5) is 12.9. The van der Waals surface area contributed by atoms with Gasteiger partial charge in [-0.3, -0.25) is 0 Å². The molecular formula is C12H20N2O3. The number of carbonyl (C=O) groups is 1. The lowest BCUT2D eigenvalue weighted by molar-refractivity contribution is 0.0660. The summed E-state index contributed by atoms with van der Waals surface area (Å²) in [5, 5.41) is 12.1. The molecule has 17 heavy (non-hydrogen) atoms. The SMILES string of the molecule is CN(C)C(C)(C)CNCc1ccoc1C(=O)O. The Morgan fingerprint density at radius 3 is 2.71 bits per heavy atom. The molecule has 0 saturated carbocycles. The Morgan fingerprint density at radius 1 is 1.53 bits per heavy atom. The molecule has 0 spiro atoms. The minimum Gasteiger partial charge on any atom is -0.475 e. The van der Waals surface area contributed by atoms with Crippen LogP contribution in [0.15, 0.2) is 16.7 Å². The number of hydrogen-bond donors (Lipinski definition) is 2. The molecular weight excluding hydrogens is 220 g/mol. The molecule has 0 aromatic carbocycles. The van der Waals surface area contributed by atoms with Crippen molar-refractivity contribution in [3.05, 3.63) is 23.7 Å². The monoisotopic (exact) mass is 240 g/mol. The molecule has 1 rings (SSSR count). The number of hydrogen-bond acceptors (Lipinski definition) is 4. The Balaban J connectivity index is 2.52. The molecule has 5 nitrogen and oxygen atoms in total. The van der Waals surface area contributed by atoms with Crippen LogP contribution >= 0.6 is 0 Å². The van der Waals surface area contributed by atoms with E-state index in [4.69, 9.17) is 9.52 Å². The summed E-state index contributed by atoms with van der Waals surface area (Å²) in [6.45, 7) is 5.50. The quantitative estimate of drug-likeness (QED) is 0.787. The second-order valence-corrected chi connectivity index (χ2v) is 4.89. The molecule has 1 aromatic heterocycles. The van der Waals surface area contributed by atoms with E-state index in [1.807, 2.05) is 14.1 Å². The maximum atomic E-state index is 10.8. The van der Waals surface area contributed by atoms with Gasteiger partial charge < -0.3 is 19.7 Å². The van der Waals surface area contributed by atoms with Crippen LogP contribution in [0.3, 0.4) is 0 Å². The highest BCUT2D eigenvalue weighted by Gasteiger charge is 2.20. The van der Waals surface area contributed by atoms with Crippen LogP contribution in [0, 0.1) is 0 Å². The molecule has 0 radical (unpaired) electrons.